The van der Waals surface area contributed by atoms with Crippen LogP contribution in [0.15, 0.2) is 134 Å². The monoisotopic (exact) mass is 2450 g/mol. The number of aromatic nitrogens is 11. The first-order valence-corrected chi connectivity index (χ1v) is 61.6. The molecular formula is C97H141BBr3Cl10N19O6PSSn. The van der Waals surface area contributed by atoms with Crippen molar-refractivity contribution in [2.75, 3.05) is 46.3 Å². The number of aromatic amines is 1. The number of pyridine rings is 9. The van der Waals surface area contributed by atoms with Gasteiger partial charge in [0.1, 0.15) is 19.6 Å². The third-order valence-electron chi connectivity index (χ3n) is 20.7. The number of fused-ring (bicyclic) bond motifs is 2. The van der Waals surface area contributed by atoms with E-state index in [-0.39, 0.29) is 18.3 Å². The molecule has 0 aromatic carbocycles. The Bertz CT molecular complexity index is 5640. The van der Waals surface area contributed by atoms with Crippen LogP contribution < -0.4 is 31.7 Å². The van der Waals surface area contributed by atoms with E-state index in [1.165, 1.54) is 63.4 Å². The summed E-state index contributed by atoms with van der Waals surface area (Å²) < 4.78 is 19.6. The summed E-state index contributed by atoms with van der Waals surface area (Å²) in [5.41, 5.74) is 26.5. The number of hydrogen-bond acceptors (Lipinski definition) is 21. The fourth-order valence-corrected chi connectivity index (χ4v) is 15.2. The summed E-state index contributed by atoms with van der Waals surface area (Å²) in [6.45, 7) is 59.9. The third kappa shape index (κ3) is 48.9. The second-order valence-electron chi connectivity index (χ2n) is 30.6. The first-order chi connectivity index (χ1) is 65.1. The van der Waals surface area contributed by atoms with Gasteiger partial charge in [0, 0.05) is 111 Å². The Morgan fingerprint density at radius 2 is 0.957 bits per heavy atom. The van der Waals surface area contributed by atoms with E-state index in [9.17, 15) is 29.6 Å². The molecule has 11 aromatic heterocycles. The number of rotatable bonds is 26. The molecule has 11 rings (SSSR count). The van der Waals surface area contributed by atoms with E-state index < -0.39 is 45.2 Å². The van der Waals surface area contributed by atoms with E-state index in [0.29, 0.717) is 62.1 Å². The van der Waals surface area contributed by atoms with Crippen LogP contribution in [0.5, 0.6) is 0 Å². The van der Waals surface area contributed by atoms with Crippen LogP contribution in [0.2, 0.25) is 25.8 Å². The maximum atomic E-state index is 10.7. The standard InChI is InChI=1S/C24H34N4.C14H20BrClN2.C14H19BrN2.C11H16BrClN2.C11H17ClN2.C6H5ClN2O2.C6H7ClN2.C6H6N2O3.2C2H6.CH4.BHNS.Cl3OP.2ClH.Sn/c1-8-18-13-22(27(7)11-4)25-14-20(18)23-16(5)12-21-24(26-23)17(6)15-28(21)19(9-2)10-3;1-5-8-18(11(6-2)7-3)12-9-10(4)13(15)17-14(12)16;1-5-11(6-2)17-8-10(4)13-12(17)7-9(3)14(15)16-13;1-4-8(5-2)14-9-6-7(3)10(12)15-11(9)13;1-4-9(5-2)14-10-6-8(3)7-13-11(10)12;1-4-2-5(9(10)11)6(7)8-3-4;1-4-2-5(8)6(7)9-3-4;1-4-2-5(8(10)11)6(9)7-3-4;2*1-2;;1-2-3;1-5(2,3)4;;;/h12-15,19H,8-11H2,1-7H3;5,9,11H,1,6-8H2,2-4H3;7-8,11H,5-6H2,1-4H3;6,8,14H,4-5H2,1-3H3;6-7,9,14H,4-5H2,1-3H3;2-3H,1H3;2-3H,8H2,1H3;2-3H,1H3,(H,7,9);2*1-2H3;1H4;3H;;2*1H;/q;;;;;;;;;;;;;;;+2/p-2. The molecule has 0 unspecified atom stereocenters. The van der Waals surface area contributed by atoms with Crippen LogP contribution in [-0.4, -0.2) is 129 Å². The minimum atomic E-state index is -3.22. The van der Waals surface area contributed by atoms with Gasteiger partial charge >= 0.3 is 83.6 Å². The van der Waals surface area contributed by atoms with Gasteiger partial charge in [0.05, 0.1) is 60.4 Å². The molecule has 769 valence electrons. The quantitative estimate of drug-likeness (QED) is 0.00639. The summed E-state index contributed by atoms with van der Waals surface area (Å²) in [7, 11) is 16.3. The van der Waals surface area contributed by atoms with Gasteiger partial charge in [0.2, 0.25) is 5.15 Å². The van der Waals surface area contributed by atoms with E-state index in [1.807, 2.05) is 79.8 Å². The van der Waals surface area contributed by atoms with Crippen molar-refractivity contribution >= 4 is 264 Å². The van der Waals surface area contributed by atoms with Gasteiger partial charge in [0.15, 0.2) is 20.6 Å². The molecule has 0 atom stereocenters. The number of nitrogens with zero attached hydrogens (tertiary/aromatic N) is 15. The van der Waals surface area contributed by atoms with Crippen LogP contribution in [0.3, 0.4) is 0 Å². The second kappa shape index (κ2) is 74.3. The molecule has 0 aliphatic carbocycles. The number of nitrogens with one attached hydrogen (secondary N) is 3. The molecule has 0 fully saturated rings. The van der Waals surface area contributed by atoms with Gasteiger partial charge in [-0.05, 0) is 332 Å². The number of nitrogens with two attached hydrogens (primary N) is 1. The Hall–Kier alpha value is -5.65. The van der Waals surface area contributed by atoms with Crippen LogP contribution >= 0.6 is 175 Å². The number of nitrogen functional groups attached to an aromatic ring is 1. The van der Waals surface area contributed by atoms with Gasteiger partial charge < -0.3 is 40.3 Å². The first-order valence-electron chi connectivity index (χ1n) is 45.3. The van der Waals surface area contributed by atoms with Crippen molar-refractivity contribution in [1.82, 2.24) is 54.0 Å². The van der Waals surface area contributed by atoms with Crippen LogP contribution in [-0.2, 0) is 11.0 Å². The van der Waals surface area contributed by atoms with Gasteiger partial charge in [-0.25, -0.2) is 39.9 Å². The molecule has 5 N–H and O–H groups in total. The molecule has 3 radical (unpaired) electrons. The number of hydrogen-bond donors (Lipinski definition) is 5. The van der Waals surface area contributed by atoms with Gasteiger partial charge in [0.25, 0.3) is 0 Å². The summed E-state index contributed by atoms with van der Waals surface area (Å²) in [6, 6.07) is 19.8. The fraction of sp³-hybridized carbons (Fsp3) is 0.474. The zero-order valence-electron chi connectivity index (χ0n) is 84.2. The Balaban J connectivity index is -0.00000152. The Labute approximate surface area is 915 Å². The first kappa shape index (κ1) is 137. The maximum absolute atomic E-state index is 10.7. The van der Waals surface area contributed by atoms with E-state index in [2.05, 4.69) is 332 Å². The average Bonchev–Trinajstić information content (AvgIpc) is 1.66. The Morgan fingerprint density at radius 1 is 0.561 bits per heavy atom. The summed E-state index contributed by atoms with van der Waals surface area (Å²) in [5, 5.41) is 25.9. The van der Waals surface area contributed by atoms with Crippen LogP contribution in [0.1, 0.15) is 256 Å². The van der Waals surface area contributed by atoms with Gasteiger partial charge in [-0.1, -0.05) is 175 Å². The van der Waals surface area contributed by atoms with Gasteiger partial charge in [-0.3, -0.25) is 29.6 Å². The summed E-state index contributed by atoms with van der Waals surface area (Å²) >= 11 is 55.8. The average molecular weight is 2460 g/mol. The van der Waals surface area contributed by atoms with E-state index >= 15 is 0 Å². The number of H-pyrrole nitrogens is 1. The van der Waals surface area contributed by atoms with Crippen molar-refractivity contribution in [2.24, 2.45) is 4.30 Å². The molecule has 0 aliphatic heterocycles. The van der Waals surface area contributed by atoms with Crippen molar-refractivity contribution < 1.29 is 14.4 Å². The van der Waals surface area contributed by atoms with E-state index in [0.717, 1.165) is 171 Å². The minimum absolute atomic E-state index is 0. The number of nitro groups is 2. The summed E-state index contributed by atoms with van der Waals surface area (Å²) in [5.74, 6) is 1.03. The van der Waals surface area contributed by atoms with Crippen molar-refractivity contribution in [2.45, 2.75) is 288 Å². The number of halogens is 13. The van der Waals surface area contributed by atoms with Crippen molar-refractivity contribution in [3.05, 3.63) is 242 Å². The van der Waals surface area contributed by atoms with Crippen LogP contribution in [0.25, 0.3) is 33.3 Å². The predicted molar refractivity (Wildman–Crippen MR) is 619 cm³/mol. The zero-order chi connectivity index (χ0) is 106. The normalized spacial score (nSPS) is 10.3. The molecule has 11 heterocycles. The SMILES string of the molecule is C.C=CCN(c1cc(C)c(Br)nc1Cl)C(CC)CC.CC.CC.CCC(CC)Nc1cc(C)c(Br)nc1Cl.CCC(CC)Nc1cc(C)cnc1Cl.CCC(CC)n1cc(C)c2nc(Br)c(C)cc21.CCc1cc(N(C)CC)ncc1-c1nc2c(C)cn(C(CC)CC)c2cc1C.Cc1c[nH]c(=O)c([N+](=O)[O-])c1.Cc1cnc(Cl)c(N)c1.Cc1cnc(Cl)c([N+](=O)[O-])c1.O=P(Cl)(Cl)Cl.[B]=NS.[Cl][Sn][Cl]. The molecule has 42 heteroatoms. The van der Waals surface area contributed by atoms with Crippen molar-refractivity contribution in [3.8, 4) is 11.3 Å². The summed E-state index contributed by atoms with van der Waals surface area (Å²) in [4.78, 5) is 71.2. The molecule has 0 bridgehead atoms. The number of anilines is 5. The molecule has 25 nitrogen and oxygen atoms in total. The molecule has 0 aliphatic rings. The summed E-state index contributed by atoms with van der Waals surface area (Å²) in [6.07, 6.45) is 26.9. The molecule has 139 heavy (non-hydrogen) atoms. The molecule has 0 spiro atoms. The molecule has 0 saturated carbocycles. The second-order valence-corrected chi connectivity index (χ2v) is 45.7. The zero-order valence-corrected chi connectivity index (χ0v) is 101. The fourth-order valence-electron chi connectivity index (χ4n) is 13.2. The van der Waals surface area contributed by atoms with Crippen LogP contribution in [0, 0.1) is 89.5 Å². The van der Waals surface area contributed by atoms with Gasteiger partial charge in [-0.15, -0.1) is 6.58 Å². The molecular weight excluding hydrogens is 2310 g/mol. The molecule has 11 aromatic rings. The topological polar surface area (TPSA) is 318 Å². The Kier molecular flexibility index (Phi) is 73.5. The molecule has 0 saturated heterocycles. The van der Waals surface area contributed by atoms with E-state index in [4.69, 9.17) is 91.5 Å². The number of aryl methyl sites for hydroxylation is 11. The van der Waals surface area contributed by atoms with E-state index in [1.54, 1.807) is 32.3 Å². The third-order valence-corrected chi connectivity index (χ3v) is 24.6. The number of thiol groups is 1. The van der Waals surface area contributed by atoms with Gasteiger partial charge in [-0.2, -0.15) is 0 Å². The van der Waals surface area contributed by atoms with Crippen LogP contribution in [0.4, 0.5) is 39.9 Å². The molecule has 0 amide bonds. The van der Waals surface area contributed by atoms with Crippen molar-refractivity contribution in [3.63, 3.8) is 0 Å². The van der Waals surface area contributed by atoms with Crippen molar-refractivity contribution in [1.29, 1.82) is 0 Å². The Morgan fingerprint density at radius 3 is 1.36 bits per heavy atom. The predicted octanol–water partition coefficient (Wildman–Crippen LogP) is 34.8.